The lowest BCUT2D eigenvalue weighted by Crippen LogP contribution is -2.12. The number of benzene rings is 2. The number of hydrogen-bond donors (Lipinski definition) is 2. The second-order valence-electron chi connectivity index (χ2n) is 4.90. The lowest BCUT2D eigenvalue weighted by atomic mass is 10.1. The number of halogens is 1. The molecule has 1 amide bonds. The van der Waals surface area contributed by atoms with Crippen molar-refractivity contribution in [3.05, 3.63) is 45.9 Å². The highest BCUT2D eigenvalue weighted by Crippen LogP contribution is 2.37. The van der Waals surface area contributed by atoms with Crippen LogP contribution in [0.5, 0.6) is 17.2 Å². The number of carbonyl (C=O) groups is 1. The molecular formula is C17H18BrNO4. The van der Waals surface area contributed by atoms with Gasteiger partial charge in [0.2, 0.25) is 0 Å². The monoisotopic (exact) mass is 379 g/mol. The van der Waals surface area contributed by atoms with Crippen LogP contribution in [0.3, 0.4) is 0 Å². The van der Waals surface area contributed by atoms with Gasteiger partial charge in [-0.15, -0.1) is 0 Å². The van der Waals surface area contributed by atoms with Crippen LogP contribution < -0.4 is 14.8 Å². The number of aryl methyl sites for hydroxylation is 1. The number of rotatable bonds is 5. The molecule has 2 aromatic carbocycles. The summed E-state index contributed by atoms with van der Waals surface area (Å²) in [5.41, 5.74) is 1.65. The first-order valence-corrected chi connectivity index (χ1v) is 7.86. The van der Waals surface area contributed by atoms with Crippen molar-refractivity contribution in [3.8, 4) is 17.2 Å². The van der Waals surface area contributed by atoms with Crippen LogP contribution in [-0.4, -0.2) is 24.7 Å². The fourth-order valence-corrected chi connectivity index (χ4v) is 2.63. The maximum atomic E-state index is 12.4. The average Bonchev–Trinajstić information content (AvgIpc) is 2.51. The van der Waals surface area contributed by atoms with Crippen LogP contribution in [0.25, 0.3) is 0 Å². The molecule has 0 aliphatic heterocycles. The van der Waals surface area contributed by atoms with Crippen LogP contribution in [0, 0.1) is 6.92 Å². The van der Waals surface area contributed by atoms with Crippen molar-refractivity contribution in [3.63, 3.8) is 0 Å². The summed E-state index contributed by atoms with van der Waals surface area (Å²) in [6, 6.07) is 8.29. The molecule has 0 heterocycles. The van der Waals surface area contributed by atoms with Crippen molar-refractivity contribution in [2.45, 2.75) is 13.8 Å². The molecule has 0 saturated heterocycles. The van der Waals surface area contributed by atoms with E-state index in [-0.39, 0.29) is 11.7 Å². The molecular weight excluding hydrogens is 362 g/mol. The largest absolute Gasteiger partial charge is 0.506 e. The van der Waals surface area contributed by atoms with Crippen molar-refractivity contribution >= 4 is 27.5 Å². The van der Waals surface area contributed by atoms with Gasteiger partial charge in [-0.25, -0.2) is 0 Å². The third kappa shape index (κ3) is 3.96. The Morgan fingerprint density at radius 1 is 1.30 bits per heavy atom. The van der Waals surface area contributed by atoms with E-state index in [0.717, 1.165) is 5.56 Å². The van der Waals surface area contributed by atoms with Gasteiger partial charge in [0.05, 0.1) is 23.9 Å². The van der Waals surface area contributed by atoms with Crippen molar-refractivity contribution in [2.75, 3.05) is 19.0 Å². The van der Waals surface area contributed by atoms with Gasteiger partial charge in [-0.05, 0) is 59.6 Å². The van der Waals surface area contributed by atoms with Gasteiger partial charge in [-0.2, -0.15) is 0 Å². The van der Waals surface area contributed by atoms with Crippen molar-refractivity contribution in [1.29, 1.82) is 0 Å². The number of nitrogens with one attached hydrogen (secondary N) is 1. The Hall–Kier alpha value is -2.21. The third-order valence-electron chi connectivity index (χ3n) is 3.18. The van der Waals surface area contributed by atoms with Crippen LogP contribution in [0.15, 0.2) is 34.8 Å². The zero-order valence-corrected chi connectivity index (χ0v) is 14.7. The van der Waals surface area contributed by atoms with Gasteiger partial charge in [0, 0.05) is 5.56 Å². The first kappa shape index (κ1) is 17.1. The summed E-state index contributed by atoms with van der Waals surface area (Å²) in [6.45, 7) is 4.21. The summed E-state index contributed by atoms with van der Waals surface area (Å²) in [4.78, 5) is 12.4. The summed E-state index contributed by atoms with van der Waals surface area (Å²) in [5, 5.41) is 12.6. The minimum absolute atomic E-state index is 0.0234. The van der Waals surface area contributed by atoms with E-state index < -0.39 is 0 Å². The molecule has 0 aromatic heterocycles. The highest BCUT2D eigenvalue weighted by molar-refractivity contribution is 9.10. The number of carbonyl (C=O) groups excluding carboxylic acids is 1. The maximum absolute atomic E-state index is 12.4. The summed E-state index contributed by atoms with van der Waals surface area (Å²) in [7, 11) is 1.51. The number of methoxy groups -OCH3 is 1. The molecule has 0 aliphatic rings. The fourth-order valence-electron chi connectivity index (χ4n) is 2.08. The number of ether oxygens (including phenoxy) is 2. The van der Waals surface area contributed by atoms with Crippen molar-refractivity contribution < 1.29 is 19.4 Å². The van der Waals surface area contributed by atoms with Gasteiger partial charge in [0.25, 0.3) is 5.91 Å². The Kier molecular flexibility index (Phi) is 5.50. The predicted octanol–water partition coefficient (Wildman–Crippen LogP) is 4.12. The number of amides is 1. The molecule has 122 valence electrons. The van der Waals surface area contributed by atoms with Crippen molar-refractivity contribution in [2.24, 2.45) is 0 Å². The quantitative estimate of drug-likeness (QED) is 0.766. The van der Waals surface area contributed by atoms with Gasteiger partial charge in [-0.1, -0.05) is 6.07 Å². The molecule has 0 atom stereocenters. The number of phenolic OH excluding ortho intramolecular Hbond substituents is 1. The third-order valence-corrected chi connectivity index (χ3v) is 3.77. The first-order chi connectivity index (χ1) is 11.0. The van der Waals surface area contributed by atoms with Gasteiger partial charge in [0.1, 0.15) is 5.75 Å². The van der Waals surface area contributed by atoms with Gasteiger partial charge in [0.15, 0.2) is 11.5 Å². The second kappa shape index (κ2) is 7.37. The number of phenols is 1. The lowest BCUT2D eigenvalue weighted by molar-refractivity contribution is 0.102. The van der Waals surface area contributed by atoms with Crippen molar-refractivity contribution in [1.82, 2.24) is 0 Å². The van der Waals surface area contributed by atoms with E-state index in [1.807, 2.05) is 19.9 Å². The summed E-state index contributed by atoms with van der Waals surface area (Å²) >= 11 is 3.38. The van der Waals surface area contributed by atoms with E-state index >= 15 is 0 Å². The smallest absolute Gasteiger partial charge is 0.255 e. The van der Waals surface area contributed by atoms with Crippen LogP contribution in [0.2, 0.25) is 0 Å². The summed E-state index contributed by atoms with van der Waals surface area (Å²) in [5.74, 6) is 0.672. The SMILES string of the molecule is CCOc1c(Br)cc(C(=O)Nc2ccc(C)cc2O)cc1OC. The molecule has 0 saturated carbocycles. The highest BCUT2D eigenvalue weighted by atomic mass is 79.9. The number of hydrogen-bond acceptors (Lipinski definition) is 4. The van der Waals surface area contributed by atoms with E-state index in [4.69, 9.17) is 9.47 Å². The molecule has 2 rings (SSSR count). The van der Waals surface area contributed by atoms with E-state index in [1.165, 1.54) is 7.11 Å². The highest BCUT2D eigenvalue weighted by Gasteiger charge is 2.16. The lowest BCUT2D eigenvalue weighted by Gasteiger charge is -2.14. The van der Waals surface area contributed by atoms with E-state index in [1.54, 1.807) is 24.3 Å². The van der Waals surface area contributed by atoms with Gasteiger partial charge >= 0.3 is 0 Å². The number of anilines is 1. The van der Waals surface area contributed by atoms with Gasteiger partial charge in [-0.3, -0.25) is 4.79 Å². The molecule has 0 radical (unpaired) electrons. The minimum atomic E-state index is -0.355. The summed E-state index contributed by atoms with van der Waals surface area (Å²) in [6.07, 6.45) is 0. The first-order valence-electron chi connectivity index (χ1n) is 7.07. The summed E-state index contributed by atoms with van der Waals surface area (Å²) < 4.78 is 11.4. The molecule has 2 aromatic rings. The molecule has 0 spiro atoms. The second-order valence-corrected chi connectivity index (χ2v) is 5.75. The zero-order valence-electron chi connectivity index (χ0n) is 13.1. The predicted molar refractivity (Wildman–Crippen MR) is 92.7 cm³/mol. The molecule has 0 fully saturated rings. The molecule has 5 nitrogen and oxygen atoms in total. The van der Waals surface area contributed by atoms with Gasteiger partial charge < -0.3 is 19.9 Å². The standard InChI is InChI=1S/C17H18BrNO4/c1-4-23-16-12(18)8-11(9-15(16)22-3)17(21)19-13-6-5-10(2)7-14(13)20/h5-9,20H,4H2,1-3H3,(H,19,21). The Morgan fingerprint density at radius 2 is 2.04 bits per heavy atom. The molecule has 23 heavy (non-hydrogen) atoms. The Morgan fingerprint density at radius 3 is 2.65 bits per heavy atom. The van der Waals surface area contributed by atoms with Crippen LogP contribution >= 0.6 is 15.9 Å². The fraction of sp³-hybridized carbons (Fsp3) is 0.235. The molecule has 0 bridgehead atoms. The Balaban J connectivity index is 2.30. The maximum Gasteiger partial charge on any atom is 0.255 e. The molecule has 6 heteroatoms. The van der Waals surface area contributed by atoms with E-state index in [9.17, 15) is 9.90 Å². The van der Waals surface area contributed by atoms with Crippen LogP contribution in [0.4, 0.5) is 5.69 Å². The molecule has 0 unspecified atom stereocenters. The normalized spacial score (nSPS) is 10.3. The Labute approximate surface area is 143 Å². The number of aromatic hydroxyl groups is 1. The van der Waals surface area contributed by atoms with E-state index in [2.05, 4.69) is 21.2 Å². The topological polar surface area (TPSA) is 67.8 Å². The average molecular weight is 380 g/mol. The molecule has 0 aliphatic carbocycles. The Bertz CT molecular complexity index is 731. The molecule has 2 N–H and O–H groups in total. The van der Waals surface area contributed by atoms with Crippen LogP contribution in [-0.2, 0) is 0 Å². The van der Waals surface area contributed by atoms with E-state index in [0.29, 0.717) is 33.8 Å². The zero-order chi connectivity index (χ0) is 17.0. The minimum Gasteiger partial charge on any atom is -0.506 e. The van der Waals surface area contributed by atoms with Crippen LogP contribution in [0.1, 0.15) is 22.8 Å².